The first kappa shape index (κ1) is 17.2. The molecule has 1 aliphatic rings. The Morgan fingerprint density at radius 3 is 3.04 bits per heavy atom. The Bertz CT molecular complexity index is 750. The van der Waals surface area contributed by atoms with E-state index in [1.165, 1.54) is 5.56 Å². The molecule has 0 spiro atoms. The van der Waals surface area contributed by atoms with Crippen molar-refractivity contribution in [1.82, 2.24) is 14.8 Å². The first-order valence-corrected chi connectivity index (χ1v) is 9.79. The van der Waals surface area contributed by atoms with Crippen LogP contribution in [0, 0.1) is 0 Å². The Morgan fingerprint density at radius 2 is 2.29 bits per heavy atom. The Morgan fingerprint density at radius 1 is 1.46 bits per heavy atom. The second-order valence-corrected chi connectivity index (χ2v) is 6.85. The summed E-state index contributed by atoms with van der Waals surface area (Å²) in [6, 6.07) is 5.97. The third-order valence-corrected chi connectivity index (χ3v) is 5.06. The van der Waals surface area contributed by atoms with Crippen molar-refractivity contribution in [1.29, 1.82) is 0 Å². The molecular weight excluding hydrogens is 347 g/mol. The minimum atomic E-state index is -0.412. The van der Waals surface area contributed by atoms with Crippen molar-refractivity contribution in [3.8, 4) is 0 Å². The van der Waals surface area contributed by atoms with E-state index < -0.39 is 5.97 Å². The minimum absolute atomic E-state index is 0.312. The summed E-state index contributed by atoms with van der Waals surface area (Å²) < 4.78 is 6.90. The molecule has 0 aliphatic carbocycles. The van der Waals surface area contributed by atoms with Crippen molar-refractivity contribution in [3.05, 3.63) is 40.2 Å². The highest BCUT2D eigenvalue weighted by atomic mass is 35.5. The fraction of sp³-hybridized carbons (Fsp3) is 0.438. The van der Waals surface area contributed by atoms with Crippen LogP contribution in [0.2, 0.25) is 5.02 Å². The number of nitrogens with zero attached hydrogens (tertiary/aromatic N) is 4. The van der Waals surface area contributed by atoms with E-state index in [1.54, 1.807) is 11.4 Å². The van der Waals surface area contributed by atoms with Crippen LogP contribution < -0.4 is 4.90 Å². The van der Waals surface area contributed by atoms with Crippen molar-refractivity contribution in [2.45, 2.75) is 26.3 Å². The minimum Gasteiger partial charge on any atom is -0.461 e. The number of fused-ring (bicyclic) bond motifs is 1. The molecule has 24 heavy (non-hydrogen) atoms. The lowest BCUT2D eigenvalue weighted by molar-refractivity contribution is 0.0518. The summed E-state index contributed by atoms with van der Waals surface area (Å²) in [7, 11) is 0.404. The second-order valence-electron chi connectivity index (χ2n) is 5.54. The third-order valence-electron chi connectivity index (χ3n) is 4.04. The Balaban J connectivity index is 1.92. The van der Waals surface area contributed by atoms with Crippen LogP contribution in [0.5, 0.6) is 0 Å². The highest BCUT2D eigenvalue weighted by Gasteiger charge is 2.25. The standard InChI is InChI=1S/C16H20ClN4O2P/c1-3-23-16(22)15-14(21(24-2)19-18-15)10-20-8-4-5-11-9-12(17)6-7-13(11)20/h6-7,9,24H,3-5,8,10H2,1-2H3. The highest BCUT2D eigenvalue weighted by Crippen LogP contribution is 2.31. The molecule has 1 atom stereocenters. The van der Waals surface area contributed by atoms with Gasteiger partial charge in [-0.25, -0.2) is 9.25 Å². The number of hydrogen-bond donors (Lipinski definition) is 0. The van der Waals surface area contributed by atoms with Gasteiger partial charge in [0.1, 0.15) is 0 Å². The molecule has 0 fully saturated rings. The smallest absolute Gasteiger partial charge is 0.360 e. The largest absolute Gasteiger partial charge is 0.461 e. The number of halogens is 1. The molecule has 0 saturated heterocycles. The number of carbonyl (C=O) groups excluding carboxylic acids is 1. The van der Waals surface area contributed by atoms with Gasteiger partial charge >= 0.3 is 5.97 Å². The third kappa shape index (κ3) is 3.40. The number of hydrogen-bond acceptors (Lipinski definition) is 5. The van der Waals surface area contributed by atoms with Crippen LogP contribution in [0.3, 0.4) is 0 Å². The summed E-state index contributed by atoms with van der Waals surface area (Å²) in [4.78, 5) is 14.4. The topological polar surface area (TPSA) is 60.2 Å². The van der Waals surface area contributed by atoms with Crippen molar-refractivity contribution in [2.75, 3.05) is 24.7 Å². The van der Waals surface area contributed by atoms with Crippen LogP contribution in [0.4, 0.5) is 5.69 Å². The number of carbonyl (C=O) groups is 1. The van der Waals surface area contributed by atoms with Crippen LogP contribution >= 0.6 is 20.3 Å². The summed E-state index contributed by atoms with van der Waals surface area (Å²) in [5.74, 6) is -0.412. The van der Waals surface area contributed by atoms with E-state index in [0.29, 0.717) is 27.6 Å². The molecule has 0 bridgehead atoms. The van der Waals surface area contributed by atoms with Gasteiger partial charge in [0.25, 0.3) is 0 Å². The number of aryl methyl sites for hydroxylation is 1. The molecule has 3 rings (SSSR count). The summed E-state index contributed by atoms with van der Waals surface area (Å²) in [5.41, 5.74) is 3.52. The zero-order chi connectivity index (χ0) is 17.1. The SMILES string of the molecule is CCOC(=O)c1nnn(PC)c1CN1CCCc2cc(Cl)ccc21. The molecule has 1 unspecified atom stereocenters. The van der Waals surface area contributed by atoms with Crippen LogP contribution in [0.15, 0.2) is 18.2 Å². The molecule has 1 aromatic carbocycles. The van der Waals surface area contributed by atoms with E-state index >= 15 is 0 Å². The molecule has 0 radical (unpaired) electrons. The zero-order valence-corrected chi connectivity index (χ0v) is 15.5. The molecule has 6 nitrogen and oxygen atoms in total. The van der Waals surface area contributed by atoms with E-state index in [4.69, 9.17) is 16.3 Å². The molecular formula is C16H20ClN4O2P. The fourth-order valence-electron chi connectivity index (χ4n) is 2.97. The number of aromatic nitrogens is 3. The van der Waals surface area contributed by atoms with Crippen LogP contribution in [0.1, 0.15) is 35.1 Å². The molecule has 2 aromatic rings. The lowest BCUT2D eigenvalue weighted by Crippen LogP contribution is -2.30. The number of esters is 1. The van der Waals surface area contributed by atoms with Crippen molar-refractivity contribution in [3.63, 3.8) is 0 Å². The molecule has 2 heterocycles. The molecule has 128 valence electrons. The van der Waals surface area contributed by atoms with Gasteiger partial charge in [0.2, 0.25) is 0 Å². The van der Waals surface area contributed by atoms with Gasteiger partial charge in [-0.05, 0) is 50.2 Å². The normalized spacial score (nSPS) is 14.2. The van der Waals surface area contributed by atoms with Crippen LogP contribution in [0.25, 0.3) is 0 Å². The maximum Gasteiger partial charge on any atom is 0.360 e. The van der Waals surface area contributed by atoms with Gasteiger partial charge in [-0.2, -0.15) is 0 Å². The average Bonchev–Trinajstić information content (AvgIpc) is 2.98. The Labute approximate surface area is 148 Å². The Hall–Kier alpha value is -1.65. The number of rotatable bonds is 5. The summed E-state index contributed by atoms with van der Waals surface area (Å²) >= 11 is 6.11. The van der Waals surface area contributed by atoms with Gasteiger partial charge in [-0.15, -0.1) is 5.10 Å². The fourth-order valence-corrected chi connectivity index (χ4v) is 3.75. The number of benzene rings is 1. The van der Waals surface area contributed by atoms with Gasteiger partial charge in [0.05, 0.1) is 18.8 Å². The number of ether oxygens (including phenoxy) is 1. The first-order chi connectivity index (χ1) is 11.6. The van der Waals surface area contributed by atoms with E-state index in [2.05, 4.69) is 15.2 Å². The monoisotopic (exact) mass is 366 g/mol. The lowest BCUT2D eigenvalue weighted by Gasteiger charge is -2.31. The van der Waals surface area contributed by atoms with Gasteiger partial charge in [-0.3, -0.25) is 0 Å². The van der Waals surface area contributed by atoms with E-state index in [9.17, 15) is 4.79 Å². The highest BCUT2D eigenvalue weighted by molar-refractivity contribution is 7.35. The Kier molecular flexibility index (Phi) is 5.36. The lowest BCUT2D eigenvalue weighted by atomic mass is 10.0. The van der Waals surface area contributed by atoms with Gasteiger partial charge in [0.15, 0.2) is 5.69 Å². The maximum atomic E-state index is 12.2. The molecule has 0 saturated carbocycles. The zero-order valence-electron chi connectivity index (χ0n) is 13.8. The summed E-state index contributed by atoms with van der Waals surface area (Å²) in [6.45, 7) is 5.63. The average molecular weight is 367 g/mol. The van der Waals surface area contributed by atoms with E-state index in [0.717, 1.165) is 35.8 Å². The molecule has 1 aliphatic heterocycles. The molecule has 1 aromatic heterocycles. The first-order valence-electron chi connectivity index (χ1n) is 7.97. The van der Waals surface area contributed by atoms with Crippen molar-refractivity contribution < 1.29 is 9.53 Å². The maximum absolute atomic E-state index is 12.2. The quantitative estimate of drug-likeness (QED) is 0.601. The number of anilines is 1. The molecule has 8 heteroatoms. The van der Waals surface area contributed by atoms with Gasteiger partial charge in [-0.1, -0.05) is 16.8 Å². The predicted molar refractivity (Wildman–Crippen MR) is 96.4 cm³/mol. The molecule has 0 N–H and O–H groups in total. The van der Waals surface area contributed by atoms with Crippen LogP contribution in [-0.2, 0) is 17.7 Å². The van der Waals surface area contributed by atoms with Gasteiger partial charge < -0.3 is 9.64 Å². The van der Waals surface area contributed by atoms with E-state index in [1.807, 2.05) is 24.9 Å². The summed E-state index contributed by atoms with van der Waals surface area (Å²) in [5, 5.41) is 8.90. The van der Waals surface area contributed by atoms with E-state index in [-0.39, 0.29) is 0 Å². The predicted octanol–water partition coefficient (Wildman–Crippen LogP) is 3.13. The van der Waals surface area contributed by atoms with Gasteiger partial charge in [0, 0.05) is 26.0 Å². The summed E-state index contributed by atoms with van der Waals surface area (Å²) in [6.07, 6.45) is 2.07. The van der Waals surface area contributed by atoms with Crippen molar-refractivity contribution >= 4 is 32.0 Å². The second kappa shape index (κ2) is 7.49. The van der Waals surface area contributed by atoms with Crippen LogP contribution in [-0.4, -0.2) is 40.6 Å². The molecule has 0 amide bonds. The van der Waals surface area contributed by atoms with Crippen molar-refractivity contribution in [2.24, 2.45) is 0 Å².